The zero-order valence-electron chi connectivity index (χ0n) is 21.2. The number of fused-ring (bicyclic) bond motifs is 2. The largest absolute Gasteiger partial charge is 0.479 e. The van der Waals surface area contributed by atoms with E-state index in [-0.39, 0.29) is 18.3 Å². The first kappa shape index (κ1) is 24.4. The lowest BCUT2D eigenvalue weighted by Crippen LogP contribution is -2.43. The van der Waals surface area contributed by atoms with Crippen molar-refractivity contribution in [2.24, 2.45) is 0 Å². The highest BCUT2D eigenvalue weighted by molar-refractivity contribution is 5.94. The molecule has 36 heavy (non-hydrogen) atoms. The standard InChI is InChI=1S/C27H31FN4O4/c1-15-10-18(6-7-19(15)28)32-20-11-17-12-29-31-24(17)30-22(20)21(23(32)26(2,3)14-35-5)16-8-9-27(4,25(33)34)36-13-16/h6-7,10-12,16H,8-9,13-14H2,1-5H3,(H,33,34)(H,29,30,31)/t16-,27+/m1/s1. The summed E-state index contributed by atoms with van der Waals surface area (Å²) in [7, 11) is 1.67. The normalized spacial score (nSPS) is 20.9. The van der Waals surface area contributed by atoms with Gasteiger partial charge in [0, 0.05) is 40.8 Å². The first-order valence-electron chi connectivity index (χ1n) is 12.1. The number of aromatic nitrogens is 4. The Morgan fingerprint density at radius 1 is 1.39 bits per heavy atom. The summed E-state index contributed by atoms with van der Waals surface area (Å²) in [6, 6.07) is 7.13. The number of nitrogens with zero attached hydrogens (tertiary/aromatic N) is 3. The van der Waals surface area contributed by atoms with Gasteiger partial charge in [0.1, 0.15) is 5.82 Å². The minimum absolute atomic E-state index is 0.0817. The number of carboxylic acids is 1. The number of methoxy groups -OCH3 is 1. The Kier molecular flexibility index (Phi) is 5.88. The van der Waals surface area contributed by atoms with Crippen LogP contribution in [-0.2, 0) is 19.7 Å². The summed E-state index contributed by atoms with van der Waals surface area (Å²) in [6.07, 6.45) is 2.74. The van der Waals surface area contributed by atoms with E-state index in [1.807, 2.05) is 12.1 Å². The number of nitrogens with one attached hydrogen (secondary N) is 1. The van der Waals surface area contributed by atoms with E-state index in [0.29, 0.717) is 30.7 Å². The van der Waals surface area contributed by atoms with Gasteiger partial charge in [0.05, 0.1) is 30.4 Å². The van der Waals surface area contributed by atoms with Crippen LogP contribution < -0.4 is 0 Å². The molecule has 1 aromatic carbocycles. The van der Waals surface area contributed by atoms with Crippen molar-refractivity contribution in [2.45, 2.75) is 57.5 Å². The summed E-state index contributed by atoms with van der Waals surface area (Å²) < 4.78 is 28.0. The Labute approximate surface area is 208 Å². The number of hydrogen-bond donors (Lipinski definition) is 2. The van der Waals surface area contributed by atoms with Crippen LogP contribution in [0.15, 0.2) is 30.5 Å². The van der Waals surface area contributed by atoms with Gasteiger partial charge in [-0.2, -0.15) is 5.10 Å². The van der Waals surface area contributed by atoms with Crippen LogP contribution in [0.1, 0.15) is 56.4 Å². The van der Waals surface area contributed by atoms with Gasteiger partial charge < -0.3 is 19.1 Å². The quantitative estimate of drug-likeness (QED) is 0.391. The lowest BCUT2D eigenvalue weighted by molar-refractivity contribution is -0.170. The van der Waals surface area contributed by atoms with Gasteiger partial charge in [0.15, 0.2) is 11.2 Å². The molecule has 1 aliphatic rings. The van der Waals surface area contributed by atoms with Crippen LogP contribution in [0.2, 0.25) is 0 Å². The van der Waals surface area contributed by atoms with Gasteiger partial charge >= 0.3 is 5.97 Å². The molecule has 5 rings (SSSR count). The molecule has 0 spiro atoms. The maximum absolute atomic E-state index is 14.3. The van der Waals surface area contributed by atoms with Crippen molar-refractivity contribution >= 4 is 28.0 Å². The molecule has 0 radical (unpaired) electrons. The molecule has 0 unspecified atom stereocenters. The molecule has 4 aromatic rings. The molecular formula is C27H31FN4O4. The fraction of sp³-hybridized carbons (Fsp3) is 0.444. The Balaban J connectivity index is 1.82. The molecule has 8 nitrogen and oxygen atoms in total. The molecule has 0 aliphatic carbocycles. The molecular weight excluding hydrogens is 463 g/mol. The Morgan fingerprint density at radius 3 is 2.81 bits per heavy atom. The number of aromatic amines is 1. The van der Waals surface area contributed by atoms with Crippen molar-refractivity contribution in [3.63, 3.8) is 0 Å². The van der Waals surface area contributed by atoms with Crippen LogP contribution >= 0.6 is 0 Å². The van der Waals surface area contributed by atoms with Crippen LogP contribution in [0.25, 0.3) is 27.8 Å². The predicted octanol–water partition coefficient (Wildman–Crippen LogP) is 5.01. The summed E-state index contributed by atoms with van der Waals surface area (Å²) >= 11 is 0. The molecule has 0 bridgehead atoms. The van der Waals surface area contributed by atoms with E-state index in [1.165, 1.54) is 6.07 Å². The lowest BCUT2D eigenvalue weighted by Gasteiger charge is -2.36. The number of H-pyrrole nitrogens is 1. The lowest BCUT2D eigenvalue weighted by atomic mass is 9.80. The van der Waals surface area contributed by atoms with Crippen molar-refractivity contribution in [2.75, 3.05) is 20.3 Å². The number of halogens is 1. The van der Waals surface area contributed by atoms with Gasteiger partial charge in [-0.25, -0.2) is 14.2 Å². The fourth-order valence-corrected chi connectivity index (χ4v) is 5.40. The molecule has 1 aliphatic heterocycles. The average Bonchev–Trinajstić information content (AvgIpc) is 3.42. The van der Waals surface area contributed by atoms with E-state index in [0.717, 1.165) is 33.4 Å². The number of ether oxygens (including phenoxy) is 2. The first-order chi connectivity index (χ1) is 17.1. The van der Waals surface area contributed by atoms with E-state index >= 15 is 0 Å². The van der Waals surface area contributed by atoms with Crippen LogP contribution in [-0.4, -0.2) is 56.7 Å². The molecule has 190 valence electrons. The van der Waals surface area contributed by atoms with Crippen molar-refractivity contribution in [3.8, 4) is 5.69 Å². The number of hydrogen-bond acceptors (Lipinski definition) is 5. The zero-order valence-corrected chi connectivity index (χ0v) is 21.2. The SMILES string of the molecule is COCC(C)(C)c1c([C@@H]2CC[C@@](C)(C(=O)O)OC2)c2nc3[nH]ncc3cc2n1-c1ccc(F)c(C)c1. The second-order valence-corrected chi connectivity index (χ2v) is 10.6. The van der Waals surface area contributed by atoms with Gasteiger partial charge in [0.2, 0.25) is 0 Å². The third-order valence-corrected chi connectivity index (χ3v) is 7.36. The van der Waals surface area contributed by atoms with E-state index < -0.39 is 17.0 Å². The average molecular weight is 495 g/mol. The predicted molar refractivity (Wildman–Crippen MR) is 134 cm³/mol. The molecule has 1 fully saturated rings. The van der Waals surface area contributed by atoms with Crippen LogP contribution in [0.4, 0.5) is 4.39 Å². The number of pyridine rings is 1. The van der Waals surface area contributed by atoms with Crippen molar-refractivity contribution < 1.29 is 23.8 Å². The van der Waals surface area contributed by atoms with E-state index in [4.69, 9.17) is 14.5 Å². The summed E-state index contributed by atoms with van der Waals surface area (Å²) in [6.45, 7) is 8.29. The third kappa shape index (κ3) is 3.87. The third-order valence-electron chi connectivity index (χ3n) is 7.36. The number of aliphatic carboxylic acids is 1. The minimum atomic E-state index is -1.21. The van der Waals surface area contributed by atoms with E-state index in [1.54, 1.807) is 33.2 Å². The molecule has 4 heterocycles. The molecule has 0 saturated carbocycles. The Morgan fingerprint density at radius 2 is 2.17 bits per heavy atom. The highest BCUT2D eigenvalue weighted by Crippen LogP contribution is 2.45. The number of carboxylic acid groups (broad SMARTS) is 1. The van der Waals surface area contributed by atoms with Crippen molar-refractivity contribution in [1.29, 1.82) is 0 Å². The molecule has 1 saturated heterocycles. The van der Waals surface area contributed by atoms with Gasteiger partial charge in [-0.15, -0.1) is 0 Å². The highest BCUT2D eigenvalue weighted by atomic mass is 19.1. The molecule has 0 amide bonds. The summed E-state index contributed by atoms with van der Waals surface area (Å²) in [5, 5.41) is 17.7. The zero-order chi connectivity index (χ0) is 25.8. The first-order valence-corrected chi connectivity index (χ1v) is 12.1. The van der Waals surface area contributed by atoms with E-state index in [9.17, 15) is 14.3 Å². The molecule has 2 N–H and O–H groups in total. The van der Waals surface area contributed by atoms with Gasteiger partial charge in [-0.1, -0.05) is 13.8 Å². The van der Waals surface area contributed by atoms with Crippen molar-refractivity contribution in [1.82, 2.24) is 19.7 Å². The minimum Gasteiger partial charge on any atom is -0.479 e. The van der Waals surface area contributed by atoms with Gasteiger partial charge in [-0.3, -0.25) is 5.10 Å². The second-order valence-electron chi connectivity index (χ2n) is 10.6. The fourth-order valence-electron chi connectivity index (χ4n) is 5.40. The van der Waals surface area contributed by atoms with Crippen LogP contribution in [0.3, 0.4) is 0 Å². The highest BCUT2D eigenvalue weighted by Gasteiger charge is 2.42. The summed E-state index contributed by atoms with van der Waals surface area (Å²) in [5.41, 5.74) is 4.02. The number of rotatable bonds is 6. The summed E-state index contributed by atoms with van der Waals surface area (Å²) in [4.78, 5) is 16.8. The Hall–Kier alpha value is -3.30. The molecule has 2 atom stereocenters. The second kappa shape index (κ2) is 8.67. The van der Waals surface area contributed by atoms with Crippen LogP contribution in [0, 0.1) is 12.7 Å². The number of benzene rings is 1. The monoisotopic (exact) mass is 494 g/mol. The molecule has 3 aromatic heterocycles. The van der Waals surface area contributed by atoms with Gasteiger partial charge in [0.25, 0.3) is 0 Å². The number of carbonyl (C=O) groups is 1. The van der Waals surface area contributed by atoms with Crippen molar-refractivity contribution in [3.05, 3.63) is 53.1 Å². The van der Waals surface area contributed by atoms with Crippen LogP contribution in [0.5, 0.6) is 0 Å². The topological polar surface area (TPSA) is 102 Å². The maximum Gasteiger partial charge on any atom is 0.335 e. The molecule has 9 heteroatoms. The Bertz CT molecular complexity index is 1460. The summed E-state index contributed by atoms with van der Waals surface area (Å²) in [5.74, 6) is -1.30. The van der Waals surface area contributed by atoms with Gasteiger partial charge in [-0.05, 0) is 56.5 Å². The smallest absolute Gasteiger partial charge is 0.335 e. The number of aryl methyl sites for hydroxylation is 1. The maximum atomic E-state index is 14.3. The van der Waals surface area contributed by atoms with E-state index in [2.05, 4.69) is 28.6 Å².